The van der Waals surface area contributed by atoms with Crippen molar-refractivity contribution in [1.29, 1.82) is 0 Å². The average Bonchev–Trinajstić information content (AvgIpc) is 2.98. The number of benzene rings is 1. The highest BCUT2D eigenvalue weighted by Gasteiger charge is 2.11. The van der Waals surface area contributed by atoms with E-state index in [2.05, 4.69) is 9.89 Å². The van der Waals surface area contributed by atoms with E-state index in [-0.39, 0.29) is 23.8 Å². The van der Waals surface area contributed by atoms with Gasteiger partial charge in [0, 0.05) is 5.56 Å². The Kier molecular flexibility index (Phi) is 4.72. The summed E-state index contributed by atoms with van der Waals surface area (Å²) in [5.41, 5.74) is 5.76. The maximum absolute atomic E-state index is 13.1. The van der Waals surface area contributed by atoms with Crippen molar-refractivity contribution in [1.82, 2.24) is 0 Å². The number of nitrogens with zero attached hydrogens (tertiary/aromatic N) is 1. The fraction of sp³-hybridized carbons (Fsp3) is 0.143. The monoisotopic (exact) mass is 310 g/mol. The van der Waals surface area contributed by atoms with Crippen molar-refractivity contribution in [2.45, 2.75) is 6.61 Å². The van der Waals surface area contributed by atoms with E-state index in [9.17, 15) is 13.6 Å². The molecule has 2 aromatic rings. The van der Waals surface area contributed by atoms with Crippen LogP contribution in [0.3, 0.4) is 0 Å². The molecule has 2 N–H and O–H groups in total. The van der Waals surface area contributed by atoms with Crippen LogP contribution < -0.4 is 5.73 Å². The van der Waals surface area contributed by atoms with E-state index in [1.165, 1.54) is 25.3 Å². The quantitative estimate of drug-likeness (QED) is 0.396. The number of halogens is 2. The molecule has 0 saturated heterocycles. The number of hydrogen-bond acceptors (Lipinski definition) is 5. The molecule has 0 atom stereocenters. The summed E-state index contributed by atoms with van der Waals surface area (Å²) in [4.78, 5) is 16.1. The van der Waals surface area contributed by atoms with Gasteiger partial charge in [-0.3, -0.25) is 0 Å². The predicted molar refractivity (Wildman–Crippen MR) is 71.9 cm³/mol. The van der Waals surface area contributed by atoms with Crippen LogP contribution in [-0.4, -0.2) is 18.9 Å². The molecule has 0 aliphatic rings. The van der Waals surface area contributed by atoms with Crippen LogP contribution in [0.15, 0.2) is 39.9 Å². The Morgan fingerprint density at radius 2 is 2.05 bits per heavy atom. The molecule has 1 aromatic heterocycles. The van der Waals surface area contributed by atoms with Crippen molar-refractivity contribution in [3.8, 4) is 0 Å². The number of hydrogen-bond donors (Lipinski definition) is 1. The third-order valence-corrected chi connectivity index (χ3v) is 2.63. The van der Waals surface area contributed by atoms with Gasteiger partial charge in [0.25, 0.3) is 0 Å². The molecule has 116 valence electrons. The number of amidine groups is 1. The van der Waals surface area contributed by atoms with Crippen molar-refractivity contribution < 1.29 is 27.6 Å². The van der Waals surface area contributed by atoms with Crippen molar-refractivity contribution in [2.75, 3.05) is 7.11 Å². The molecule has 0 radical (unpaired) electrons. The Bertz CT molecular complexity index is 713. The van der Waals surface area contributed by atoms with Gasteiger partial charge in [-0.25, -0.2) is 13.6 Å². The lowest BCUT2D eigenvalue weighted by Gasteiger charge is -2.02. The van der Waals surface area contributed by atoms with Crippen LogP contribution in [-0.2, 0) is 16.2 Å². The molecular weight excluding hydrogens is 298 g/mol. The number of rotatable bonds is 5. The van der Waals surface area contributed by atoms with Crippen LogP contribution in [0.4, 0.5) is 8.78 Å². The molecule has 6 nitrogen and oxygen atoms in total. The van der Waals surface area contributed by atoms with Gasteiger partial charge in [0.15, 0.2) is 24.1 Å². The zero-order valence-electron chi connectivity index (χ0n) is 11.5. The first-order valence-corrected chi connectivity index (χ1v) is 6.09. The molecule has 8 heteroatoms. The summed E-state index contributed by atoms with van der Waals surface area (Å²) in [5, 5.41) is 3.56. The second kappa shape index (κ2) is 6.70. The lowest BCUT2D eigenvalue weighted by atomic mass is 10.2. The zero-order valence-corrected chi connectivity index (χ0v) is 11.5. The maximum atomic E-state index is 13.1. The van der Waals surface area contributed by atoms with Gasteiger partial charge in [-0.15, -0.1) is 0 Å². The average molecular weight is 310 g/mol. The van der Waals surface area contributed by atoms with Gasteiger partial charge in [-0.2, -0.15) is 0 Å². The van der Waals surface area contributed by atoms with Crippen molar-refractivity contribution in [2.24, 2.45) is 10.9 Å². The minimum absolute atomic E-state index is 0.0265. The van der Waals surface area contributed by atoms with E-state index < -0.39 is 17.6 Å². The number of nitrogens with two attached hydrogens (primary N) is 1. The molecule has 0 fully saturated rings. The van der Waals surface area contributed by atoms with E-state index in [1.54, 1.807) is 0 Å². The van der Waals surface area contributed by atoms with Crippen molar-refractivity contribution in [3.05, 3.63) is 59.1 Å². The number of methoxy groups -OCH3 is 1. The molecule has 1 aromatic carbocycles. The van der Waals surface area contributed by atoms with Crippen LogP contribution in [0.25, 0.3) is 0 Å². The van der Waals surface area contributed by atoms with E-state index in [0.29, 0.717) is 5.76 Å². The molecule has 0 amide bonds. The molecule has 0 aliphatic carbocycles. The van der Waals surface area contributed by atoms with E-state index in [4.69, 9.17) is 15.0 Å². The fourth-order valence-corrected chi connectivity index (χ4v) is 1.54. The Balaban J connectivity index is 1.98. The van der Waals surface area contributed by atoms with E-state index in [1.807, 2.05) is 0 Å². The fourth-order valence-electron chi connectivity index (χ4n) is 1.54. The Morgan fingerprint density at radius 1 is 1.27 bits per heavy atom. The van der Waals surface area contributed by atoms with Crippen molar-refractivity contribution in [3.63, 3.8) is 0 Å². The molecular formula is C14H12F2N2O4. The molecule has 22 heavy (non-hydrogen) atoms. The second-order valence-corrected chi connectivity index (χ2v) is 4.14. The maximum Gasteiger partial charge on any atom is 0.373 e. The number of oxime groups is 1. The summed E-state index contributed by atoms with van der Waals surface area (Å²) in [7, 11) is 1.23. The standard InChI is InChI=1S/C14H12F2N2O4/c1-20-14(19)12-5-3-9(22-12)7-21-18-13(17)8-2-4-10(15)11(16)6-8/h2-6H,7H2,1H3,(H2,17,18). The lowest BCUT2D eigenvalue weighted by molar-refractivity contribution is 0.0553. The molecule has 0 saturated carbocycles. The smallest absolute Gasteiger partial charge is 0.373 e. The topological polar surface area (TPSA) is 87.0 Å². The van der Waals surface area contributed by atoms with Gasteiger partial charge in [0.05, 0.1) is 7.11 Å². The van der Waals surface area contributed by atoms with E-state index in [0.717, 1.165) is 12.1 Å². The van der Waals surface area contributed by atoms with Gasteiger partial charge < -0.3 is 19.7 Å². The molecule has 0 unspecified atom stereocenters. The minimum atomic E-state index is -1.04. The first-order chi connectivity index (χ1) is 10.5. The van der Waals surface area contributed by atoms with Gasteiger partial charge in [-0.1, -0.05) is 5.16 Å². The number of esters is 1. The highest BCUT2D eigenvalue weighted by atomic mass is 19.2. The molecule has 0 aliphatic heterocycles. The van der Waals surface area contributed by atoms with Crippen LogP contribution in [0.5, 0.6) is 0 Å². The molecule has 2 rings (SSSR count). The van der Waals surface area contributed by atoms with Gasteiger partial charge >= 0.3 is 5.97 Å². The van der Waals surface area contributed by atoms with E-state index >= 15 is 0 Å². The largest absolute Gasteiger partial charge is 0.463 e. The first-order valence-electron chi connectivity index (χ1n) is 6.09. The summed E-state index contributed by atoms with van der Waals surface area (Å²) in [6, 6.07) is 6.04. The number of ether oxygens (including phenoxy) is 1. The van der Waals surface area contributed by atoms with Crippen LogP contribution >= 0.6 is 0 Å². The Hall–Kier alpha value is -2.90. The summed E-state index contributed by atoms with van der Waals surface area (Å²) < 4.78 is 35.5. The second-order valence-electron chi connectivity index (χ2n) is 4.14. The molecule has 0 bridgehead atoms. The predicted octanol–water partition coefficient (Wildman–Crippen LogP) is 2.18. The normalized spacial score (nSPS) is 11.3. The van der Waals surface area contributed by atoms with Gasteiger partial charge in [0.1, 0.15) is 5.76 Å². The first kappa shape index (κ1) is 15.5. The van der Waals surface area contributed by atoms with Gasteiger partial charge in [-0.05, 0) is 30.3 Å². The minimum Gasteiger partial charge on any atom is -0.463 e. The number of furan rings is 1. The molecule has 0 spiro atoms. The Labute approximate surface area is 124 Å². The summed E-state index contributed by atoms with van der Waals surface area (Å²) in [6.45, 7) is -0.0959. The lowest BCUT2D eigenvalue weighted by Crippen LogP contribution is -2.14. The highest BCUT2D eigenvalue weighted by molar-refractivity contribution is 5.97. The van der Waals surface area contributed by atoms with Crippen LogP contribution in [0, 0.1) is 11.6 Å². The third kappa shape index (κ3) is 3.60. The summed E-state index contributed by atoms with van der Waals surface area (Å²) in [6.07, 6.45) is 0. The molecule has 1 heterocycles. The zero-order chi connectivity index (χ0) is 16.1. The number of carbonyl (C=O) groups is 1. The highest BCUT2D eigenvalue weighted by Crippen LogP contribution is 2.11. The van der Waals surface area contributed by atoms with Crippen LogP contribution in [0.2, 0.25) is 0 Å². The number of carbonyl (C=O) groups excluding carboxylic acids is 1. The van der Waals surface area contributed by atoms with Crippen molar-refractivity contribution >= 4 is 11.8 Å². The van der Waals surface area contributed by atoms with Gasteiger partial charge in [0.2, 0.25) is 5.76 Å². The summed E-state index contributed by atoms with van der Waals surface area (Å²) >= 11 is 0. The summed E-state index contributed by atoms with van der Waals surface area (Å²) in [5.74, 6) is -2.41. The van der Waals surface area contributed by atoms with Crippen LogP contribution in [0.1, 0.15) is 21.9 Å². The SMILES string of the molecule is COC(=O)c1ccc(CON=C(N)c2ccc(F)c(F)c2)o1. The Morgan fingerprint density at radius 3 is 2.73 bits per heavy atom. The third-order valence-electron chi connectivity index (χ3n) is 2.63.